The number of methoxy groups -OCH3 is 5. The van der Waals surface area contributed by atoms with Gasteiger partial charge in [-0.15, -0.1) is 0 Å². The van der Waals surface area contributed by atoms with Gasteiger partial charge < -0.3 is 71.9 Å². The Morgan fingerprint density at radius 1 is 0.297 bits per heavy atom. The summed E-state index contributed by atoms with van der Waals surface area (Å²) in [5.74, 6) is -3.93. The minimum atomic E-state index is -0.847. The number of aliphatic carboxylic acids is 1. The Bertz CT molecular complexity index is 5020. The number of rotatable bonds is 25. The highest BCUT2D eigenvalue weighted by Gasteiger charge is 2.28. The highest BCUT2D eigenvalue weighted by molar-refractivity contribution is 7.81. The smallest absolute Gasteiger partial charge is 0.336 e. The number of amides is 2. The zero-order valence-electron chi connectivity index (χ0n) is 86.6. The molecule has 10 aromatic carbocycles. The van der Waals surface area contributed by atoms with Gasteiger partial charge in [-0.3, -0.25) is 19.2 Å². The van der Waals surface area contributed by atoms with Crippen LogP contribution in [0.1, 0.15) is 221 Å². The molecule has 0 saturated carbocycles. The molecule has 26 heteroatoms. The van der Waals surface area contributed by atoms with Gasteiger partial charge in [-0.25, -0.2) is 24.0 Å². The molecule has 10 rings (SSSR count). The van der Waals surface area contributed by atoms with Crippen molar-refractivity contribution < 1.29 is 77.0 Å². The molecule has 0 aliphatic heterocycles. The molecule has 0 aliphatic carbocycles. The normalized spacial score (nSPS) is 10.7. The summed E-state index contributed by atoms with van der Waals surface area (Å²) >= 11 is 16.7. The van der Waals surface area contributed by atoms with E-state index in [0.717, 1.165) is 113 Å². The molecule has 10 aromatic rings. The first-order valence-corrected chi connectivity index (χ1v) is 47.3. The maximum atomic E-state index is 12.6. The highest BCUT2D eigenvalue weighted by Crippen LogP contribution is 2.23. The lowest BCUT2D eigenvalue weighted by Gasteiger charge is -2.20. The van der Waals surface area contributed by atoms with E-state index in [1.54, 1.807) is 38.1 Å². The second kappa shape index (κ2) is 70.5. The number of hydrogen-bond donors (Lipinski definition) is 9. The Hall–Kier alpha value is -13.1. The molecule has 0 spiro atoms. The SMILES string of the molecule is CC.CC.CC.CC.CC.CC(=O)O.COC(=O)C(Cc1ccc(C)cc1)NC(=O)c1c(C)cccc1C.COC(=O)C(Cc1ccc(C)cc1)NC(=S)c1c(C)cccc1C.COC(=O)C(Cc1ccc(N)cc1)NC(=S)c1c(C)cccc1C.COC(=O)C(Cc1ccc(NC(C)=O)cc1)NC(=S)c1c(C)cccc1C.COC(=O)C(N)Cc1ccc(C)cc1.Cc1cccc(C)c1C(=O)O. The van der Waals surface area contributed by atoms with Gasteiger partial charge in [0, 0.05) is 73.2 Å². The van der Waals surface area contributed by atoms with Crippen molar-refractivity contribution in [2.24, 2.45) is 5.73 Å². The number of nitrogens with one attached hydrogen (secondary N) is 5. The monoisotopic (exact) mass is 1950 g/mol. The number of hydrogen-bond acceptors (Lipinski definition) is 19. The summed E-state index contributed by atoms with van der Waals surface area (Å²) in [6.07, 6.45) is 2.32. The van der Waals surface area contributed by atoms with Crippen molar-refractivity contribution in [2.75, 3.05) is 46.6 Å². The first kappa shape index (κ1) is 127. The fraction of sp³-hybridized carbons (Fsp3) is 0.357. The van der Waals surface area contributed by atoms with E-state index >= 15 is 0 Å². The third-order valence-corrected chi connectivity index (χ3v) is 21.0. The predicted molar refractivity (Wildman–Crippen MR) is 575 cm³/mol. The van der Waals surface area contributed by atoms with Crippen LogP contribution < -0.4 is 38.1 Å². The number of nitrogen functional groups attached to an aromatic ring is 1. The molecule has 23 nitrogen and oxygen atoms in total. The van der Waals surface area contributed by atoms with Crippen molar-refractivity contribution in [2.45, 2.75) is 235 Å². The quantitative estimate of drug-likeness (QED) is 0.0111. The summed E-state index contributed by atoms with van der Waals surface area (Å²) in [7, 11) is 6.81. The number of esters is 5. The van der Waals surface area contributed by atoms with Crippen molar-refractivity contribution in [3.05, 3.63) is 340 Å². The molecule has 0 heterocycles. The van der Waals surface area contributed by atoms with Crippen LogP contribution in [0.15, 0.2) is 212 Å². The zero-order valence-corrected chi connectivity index (χ0v) is 89.1. The number of anilines is 2. The summed E-state index contributed by atoms with van der Waals surface area (Å²) in [5.41, 5.74) is 35.0. The van der Waals surface area contributed by atoms with E-state index in [4.69, 9.17) is 82.1 Å². The molecular weight excluding hydrogens is 1800 g/mol. The number of carbonyl (C=O) groups is 9. The summed E-state index contributed by atoms with van der Waals surface area (Å²) in [4.78, 5) is 105. The van der Waals surface area contributed by atoms with E-state index in [0.29, 0.717) is 69.6 Å². The summed E-state index contributed by atoms with van der Waals surface area (Å²) in [6.45, 7) is 48.0. The lowest BCUT2D eigenvalue weighted by Crippen LogP contribution is -2.43. The van der Waals surface area contributed by atoms with Gasteiger partial charge in [-0.05, 0) is 204 Å². The molecule has 138 heavy (non-hydrogen) atoms. The van der Waals surface area contributed by atoms with Gasteiger partial charge in [-0.2, -0.15) is 0 Å². The first-order chi connectivity index (χ1) is 65.6. The average Bonchev–Trinajstić information content (AvgIpc) is 0.844. The average molecular weight is 1950 g/mol. The number of carboxylic acid groups (broad SMARTS) is 2. The van der Waals surface area contributed by atoms with E-state index in [2.05, 4.69) is 31.3 Å². The number of ether oxygens (including phenoxy) is 5. The van der Waals surface area contributed by atoms with Gasteiger partial charge >= 0.3 is 35.8 Å². The number of carbonyl (C=O) groups excluding carboxylic acids is 7. The van der Waals surface area contributed by atoms with Crippen molar-refractivity contribution in [1.29, 1.82) is 0 Å². The molecular formula is C112H151N7O16S3. The van der Waals surface area contributed by atoms with Crippen LogP contribution >= 0.6 is 36.7 Å². The van der Waals surface area contributed by atoms with Crippen molar-refractivity contribution in [1.82, 2.24) is 21.3 Å². The van der Waals surface area contributed by atoms with Crippen molar-refractivity contribution in [3.63, 3.8) is 0 Å². The molecule has 0 saturated heterocycles. The summed E-state index contributed by atoms with van der Waals surface area (Å²) in [5, 5.41) is 31.2. The lowest BCUT2D eigenvalue weighted by molar-refractivity contribution is -0.143. The maximum absolute atomic E-state index is 12.6. The van der Waals surface area contributed by atoms with Crippen LogP contribution in [-0.4, -0.2) is 145 Å². The molecule has 0 aromatic heterocycles. The third kappa shape index (κ3) is 47.1. The molecule has 0 bridgehead atoms. The number of thiocarbonyl (C=S) groups is 3. The second-order valence-electron chi connectivity index (χ2n) is 30.6. The fourth-order valence-electron chi connectivity index (χ4n) is 13.3. The van der Waals surface area contributed by atoms with Crippen LogP contribution in [0, 0.1) is 90.0 Å². The van der Waals surface area contributed by atoms with Crippen molar-refractivity contribution in [3.8, 4) is 0 Å². The van der Waals surface area contributed by atoms with Crippen LogP contribution in [0.4, 0.5) is 11.4 Å². The van der Waals surface area contributed by atoms with Gasteiger partial charge in [0.15, 0.2) is 0 Å². The maximum Gasteiger partial charge on any atom is 0.336 e. The number of nitrogens with two attached hydrogens (primary N) is 2. The minimum absolute atomic E-state index is 0.129. The summed E-state index contributed by atoms with van der Waals surface area (Å²) in [6, 6.07) is 64.9. The first-order valence-electron chi connectivity index (χ1n) is 46.1. The van der Waals surface area contributed by atoms with Crippen LogP contribution in [0.3, 0.4) is 0 Å². The van der Waals surface area contributed by atoms with E-state index in [-0.39, 0.29) is 35.7 Å². The Labute approximate surface area is 837 Å². The standard InChI is InChI=1S/C21H24N2O3S.C20H23NO3.C20H23NO2S.C19H22N2O2S.C11H15NO2.C9H10O2.C2H4O2.5C2H6/c1-13-6-5-7-14(2)19(13)20(27)23-18(21(25)26-4)12-16-8-10-17(11-9-16)22-15(3)24;1-13-8-10-16(11-9-13)12-17(20(23)24-4)21-19(22)18-14(2)6-5-7-15(18)3;1-13-8-10-16(11-9-13)12-17(20(22)23-4)21-19(24)18-14(2)6-5-7-15(18)3;1-12-5-4-6-13(2)17(12)18(24)21-16(19(22)23-3)11-14-7-9-15(20)10-8-14;1-8-3-5-9(6-4-8)7-10(12)11(13)14-2;1-6-4-3-5-7(2)8(6)9(10)11;1-2(3)4;5*1-2/h5-11,18H,12H2,1-4H3,(H,22,24)(H,23,27);5-11,17H,12H2,1-4H3,(H,21,22);5-11,17H,12H2,1-4H3,(H,21,24);4-10,16H,11,20H2,1-3H3,(H,21,24);3-6,10H,7,12H2,1-2H3;3-5H,1-2H3,(H,10,11);1H3,(H,3,4);5*1-2H3. The molecule has 0 aliphatic rings. The molecule has 11 N–H and O–H groups in total. The van der Waals surface area contributed by atoms with E-state index in [1.165, 1.54) is 53.6 Å². The molecule has 5 unspecified atom stereocenters. The molecule has 5 atom stereocenters. The van der Waals surface area contributed by atoms with E-state index < -0.39 is 48.1 Å². The molecule has 2 amide bonds. The third-order valence-electron chi connectivity index (χ3n) is 20.0. The van der Waals surface area contributed by atoms with Crippen LogP contribution in [-0.2, 0) is 89.4 Å². The Balaban J connectivity index is 0. The number of aromatic carboxylic acids is 1. The van der Waals surface area contributed by atoms with Gasteiger partial charge in [0.2, 0.25) is 5.91 Å². The number of aryl methyl sites for hydroxylation is 13. The van der Waals surface area contributed by atoms with Crippen LogP contribution in [0.25, 0.3) is 0 Å². The molecule has 748 valence electrons. The van der Waals surface area contributed by atoms with Gasteiger partial charge in [0.25, 0.3) is 11.9 Å². The number of benzene rings is 10. The Morgan fingerprint density at radius 3 is 0.717 bits per heavy atom. The number of carboxylic acids is 2. The van der Waals surface area contributed by atoms with E-state index in [9.17, 15) is 38.4 Å². The minimum Gasteiger partial charge on any atom is -0.481 e. The largest absolute Gasteiger partial charge is 0.481 e. The molecule has 0 fully saturated rings. The summed E-state index contributed by atoms with van der Waals surface area (Å²) < 4.78 is 24.2. The van der Waals surface area contributed by atoms with E-state index in [1.807, 2.05) is 333 Å². The predicted octanol–water partition coefficient (Wildman–Crippen LogP) is 21.3. The topological polar surface area (TPSA) is 352 Å². The zero-order chi connectivity index (χ0) is 106. The van der Waals surface area contributed by atoms with Gasteiger partial charge in [-0.1, -0.05) is 311 Å². The highest BCUT2D eigenvalue weighted by atomic mass is 32.1. The van der Waals surface area contributed by atoms with Gasteiger partial charge in [0.1, 0.15) is 45.2 Å². The van der Waals surface area contributed by atoms with Crippen LogP contribution in [0.2, 0.25) is 0 Å². The Morgan fingerprint density at radius 2 is 0.500 bits per heavy atom. The van der Waals surface area contributed by atoms with Crippen LogP contribution in [0.5, 0.6) is 0 Å². The fourth-order valence-corrected chi connectivity index (χ4v) is 14.7. The van der Waals surface area contributed by atoms with Gasteiger partial charge in [0.05, 0.1) is 41.1 Å². The lowest BCUT2D eigenvalue weighted by atomic mass is 10.0. The molecule has 0 radical (unpaired) electrons. The van der Waals surface area contributed by atoms with Crippen molar-refractivity contribution >= 4 is 117 Å². The second-order valence-corrected chi connectivity index (χ2v) is 31.8. The Kier molecular flexibility index (Phi) is 64.8.